The minimum absolute atomic E-state index is 0.429. The van der Waals surface area contributed by atoms with Crippen molar-refractivity contribution in [1.82, 2.24) is 14.9 Å². The molecule has 1 fully saturated rings. The standard InChI is InChI=1S/C13H19N5/c1-3-18-8-5-12(6-9-18)17(2)13-15-7-4-11(10-14)16-13/h4,7,12H,3,5-6,8-9H2,1-2H3. The number of aromatic nitrogens is 2. The fourth-order valence-electron chi connectivity index (χ4n) is 2.37. The molecule has 5 heteroatoms. The van der Waals surface area contributed by atoms with Gasteiger partial charge in [-0.25, -0.2) is 9.97 Å². The number of piperidine rings is 1. The Morgan fingerprint density at radius 1 is 1.50 bits per heavy atom. The van der Waals surface area contributed by atoms with Gasteiger partial charge in [-0.1, -0.05) is 6.92 Å². The van der Waals surface area contributed by atoms with Gasteiger partial charge in [-0.2, -0.15) is 5.26 Å². The van der Waals surface area contributed by atoms with E-state index in [1.807, 2.05) is 7.05 Å². The Bertz CT molecular complexity index is 431. The second-order valence-electron chi connectivity index (χ2n) is 4.63. The minimum atomic E-state index is 0.429. The predicted molar refractivity (Wildman–Crippen MR) is 70.3 cm³/mol. The molecule has 2 rings (SSSR count). The maximum absolute atomic E-state index is 8.86. The Labute approximate surface area is 108 Å². The van der Waals surface area contributed by atoms with Crippen molar-refractivity contribution in [2.75, 3.05) is 31.6 Å². The van der Waals surface area contributed by atoms with E-state index in [9.17, 15) is 0 Å². The van der Waals surface area contributed by atoms with Crippen LogP contribution in [0, 0.1) is 11.3 Å². The fraction of sp³-hybridized carbons (Fsp3) is 0.615. The number of likely N-dealkylation sites (tertiary alicyclic amines) is 1. The highest BCUT2D eigenvalue weighted by molar-refractivity contribution is 5.34. The molecule has 1 aromatic heterocycles. The molecule has 96 valence electrons. The first kappa shape index (κ1) is 12.8. The number of anilines is 1. The van der Waals surface area contributed by atoms with Crippen LogP contribution in [0.4, 0.5) is 5.95 Å². The summed E-state index contributed by atoms with van der Waals surface area (Å²) >= 11 is 0. The van der Waals surface area contributed by atoms with E-state index in [1.54, 1.807) is 12.3 Å². The van der Waals surface area contributed by atoms with E-state index in [2.05, 4.69) is 32.8 Å². The normalized spacial score (nSPS) is 17.4. The molecule has 0 radical (unpaired) electrons. The van der Waals surface area contributed by atoms with Crippen LogP contribution in [-0.4, -0.2) is 47.6 Å². The maximum atomic E-state index is 8.86. The molecule has 0 atom stereocenters. The summed E-state index contributed by atoms with van der Waals surface area (Å²) in [6.07, 6.45) is 3.91. The summed E-state index contributed by atoms with van der Waals surface area (Å²) in [6, 6.07) is 4.17. The molecule has 1 aromatic rings. The SMILES string of the molecule is CCN1CCC(N(C)c2nccc(C#N)n2)CC1. The Morgan fingerprint density at radius 2 is 2.22 bits per heavy atom. The van der Waals surface area contributed by atoms with Gasteiger partial charge in [0.1, 0.15) is 11.8 Å². The quantitative estimate of drug-likeness (QED) is 0.802. The first-order valence-corrected chi connectivity index (χ1v) is 6.43. The highest BCUT2D eigenvalue weighted by Crippen LogP contribution is 2.18. The van der Waals surface area contributed by atoms with E-state index in [4.69, 9.17) is 5.26 Å². The van der Waals surface area contributed by atoms with Crippen LogP contribution in [0.5, 0.6) is 0 Å². The Hall–Kier alpha value is -1.67. The van der Waals surface area contributed by atoms with Gasteiger partial charge in [-0.15, -0.1) is 0 Å². The van der Waals surface area contributed by atoms with Crippen LogP contribution in [0.1, 0.15) is 25.5 Å². The van der Waals surface area contributed by atoms with E-state index >= 15 is 0 Å². The average molecular weight is 245 g/mol. The average Bonchev–Trinajstić information content (AvgIpc) is 2.46. The zero-order valence-corrected chi connectivity index (χ0v) is 11.0. The smallest absolute Gasteiger partial charge is 0.226 e. The molecule has 5 nitrogen and oxygen atoms in total. The lowest BCUT2D eigenvalue weighted by atomic mass is 10.0. The van der Waals surface area contributed by atoms with Crippen LogP contribution in [0.15, 0.2) is 12.3 Å². The van der Waals surface area contributed by atoms with Crippen molar-refractivity contribution in [2.24, 2.45) is 0 Å². The topological polar surface area (TPSA) is 56.0 Å². The molecule has 18 heavy (non-hydrogen) atoms. The highest BCUT2D eigenvalue weighted by Gasteiger charge is 2.23. The van der Waals surface area contributed by atoms with E-state index in [-0.39, 0.29) is 0 Å². The summed E-state index contributed by atoms with van der Waals surface area (Å²) in [5, 5.41) is 8.86. The summed E-state index contributed by atoms with van der Waals surface area (Å²) in [5.41, 5.74) is 0.429. The van der Waals surface area contributed by atoms with Crippen molar-refractivity contribution in [1.29, 1.82) is 5.26 Å². The van der Waals surface area contributed by atoms with Gasteiger partial charge in [-0.3, -0.25) is 0 Å². The third kappa shape index (κ3) is 2.77. The van der Waals surface area contributed by atoms with Crippen LogP contribution in [0.25, 0.3) is 0 Å². The third-order valence-electron chi connectivity index (χ3n) is 3.62. The second kappa shape index (κ2) is 5.78. The van der Waals surface area contributed by atoms with Gasteiger partial charge in [0.25, 0.3) is 0 Å². The Kier molecular flexibility index (Phi) is 4.11. The lowest BCUT2D eigenvalue weighted by molar-refractivity contribution is 0.220. The second-order valence-corrected chi connectivity index (χ2v) is 4.63. The van der Waals surface area contributed by atoms with Gasteiger partial charge in [-0.05, 0) is 25.5 Å². The van der Waals surface area contributed by atoms with Crippen LogP contribution in [0.2, 0.25) is 0 Å². The van der Waals surface area contributed by atoms with Gasteiger partial charge in [0, 0.05) is 32.4 Å². The summed E-state index contributed by atoms with van der Waals surface area (Å²) < 4.78 is 0. The summed E-state index contributed by atoms with van der Waals surface area (Å²) in [7, 11) is 2.02. The summed E-state index contributed by atoms with van der Waals surface area (Å²) in [4.78, 5) is 13.1. The van der Waals surface area contributed by atoms with E-state index in [0.29, 0.717) is 17.7 Å². The largest absolute Gasteiger partial charge is 0.341 e. The first-order valence-electron chi connectivity index (χ1n) is 6.43. The first-order chi connectivity index (χ1) is 8.74. The molecular formula is C13H19N5. The van der Waals surface area contributed by atoms with E-state index in [1.165, 1.54) is 0 Å². The number of hydrogen-bond acceptors (Lipinski definition) is 5. The molecule has 1 aliphatic heterocycles. The molecule has 0 aliphatic carbocycles. The molecule has 0 amide bonds. The van der Waals surface area contributed by atoms with Gasteiger partial charge < -0.3 is 9.80 Å². The molecule has 0 spiro atoms. The van der Waals surface area contributed by atoms with Gasteiger partial charge in [0.15, 0.2) is 0 Å². The summed E-state index contributed by atoms with van der Waals surface area (Å²) in [5.74, 6) is 0.656. The zero-order chi connectivity index (χ0) is 13.0. The third-order valence-corrected chi connectivity index (χ3v) is 3.62. The lowest BCUT2D eigenvalue weighted by Gasteiger charge is -2.36. The fourth-order valence-corrected chi connectivity index (χ4v) is 2.37. The van der Waals surface area contributed by atoms with Crippen molar-refractivity contribution in [3.63, 3.8) is 0 Å². The molecule has 0 bridgehead atoms. The Morgan fingerprint density at radius 3 is 2.83 bits per heavy atom. The van der Waals surface area contributed by atoms with E-state index < -0.39 is 0 Å². The van der Waals surface area contributed by atoms with E-state index in [0.717, 1.165) is 32.5 Å². The van der Waals surface area contributed by atoms with Gasteiger partial charge in [0.05, 0.1) is 0 Å². The van der Waals surface area contributed by atoms with Gasteiger partial charge in [0.2, 0.25) is 5.95 Å². The monoisotopic (exact) mass is 245 g/mol. The van der Waals surface area contributed by atoms with Crippen molar-refractivity contribution in [3.05, 3.63) is 18.0 Å². The van der Waals surface area contributed by atoms with Crippen LogP contribution in [0.3, 0.4) is 0 Å². The molecule has 0 saturated carbocycles. The highest BCUT2D eigenvalue weighted by atomic mass is 15.3. The number of hydrogen-bond donors (Lipinski definition) is 0. The zero-order valence-electron chi connectivity index (χ0n) is 11.0. The molecule has 1 aliphatic rings. The molecular weight excluding hydrogens is 226 g/mol. The molecule has 2 heterocycles. The van der Waals surface area contributed by atoms with Crippen molar-refractivity contribution < 1.29 is 0 Å². The maximum Gasteiger partial charge on any atom is 0.226 e. The van der Waals surface area contributed by atoms with Crippen molar-refractivity contribution in [2.45, 2.75) is 25.8 Å². The number of nitriles is 1. The van der Waals surface area contributed by atoms with Crippen molar-refractivity contribution in [3.8, 4) is 6.07 Å². The van der Waals surface area contributed by atoms with Crippen LogP contribution in [-0.2, 0) is 0 Å². The van der Waals surface area contributed by atoms with Crippen molar-refractivity contribution >= 4 is 5.95 Å². The molecule has 0 unspecified atom stereocenters. The predicted octanol–water partition coefficient (Wildman–Crippen LogP) is 1.27. The van der Waals surface area contributed by atoms with Gasteiger partial charge >= 0.3 is 0 Å². The number of nitrogens with zero attached hydrogens (tertiary/aromatic N) is 5. The summed E-state index contributed by atoms with van der Waals surface area (Å²) in [6.45, 7) is 5.58. The molecule has 0 N–H and O–H groups in total. The molecule has 1 saturated heterocycles. The Balaban J connectivity index is 2.03. The van der Waals surface area contributed by atoms with Crippen LogP contribution < -0.4 is 4.90 Å². The molecule has 0 aromatic carbocycles. The number of rotatable bonds is 3. The lowest BCUT2D eigenvalue weighted by Crippen LogP contribution is -2.43. The van der Waals surface area contributed by atoms with Crippen LogP contribution >= 0.6 is 0 Å². The minimum Gasteiger partial charge on any atom is -0.341 e.